The molecule has 0 spiro atoms. The molecule has 0 unspecified atom stereocenters. The van der Waals surface area contributed by atoms with Crippen LogP contribution in [-0.2, 0) is 13.1 Å². The smallest absolute Gasteiger partial charge is 0.0230 e. The summed E-state index contributed by atoms with van der Waals surface area (Å²) in [5, 5.41) is 3.37. The first kappa shape index (κ1) is 12.6. The van der Waals surface area contributed by atoms with Crippen molar-refractivity contribution in [1.29, 1.82) is 0 Å². The molecule has 94 valence electrons. The molecular weight excluding hydrogens is 208 g/mol. The molecule has 0 radical (unpaired) electrons. The number of hydrogen-bond acceptors (Lipinski definition) is 2. The monoisotopic (exact) mass is 232 g/mol. The Morgan fingerprint density at radius 1 is 1.29 bits per heavy atom. The number of hydrogen-bond donors (Lipinski definition) is 1. The van der Waals surface area contributed by atoms with Crippen LogP contribution >= 0.6 is 0 Å². The van der Waals surface area contributed by atoms with Gasteiger partial charge in [-0.25, -0.2) is 0 Å². The Morgan fingerprint density at radius 2 is 2.06 bits per heavy atom. The fourth-order valence-corrected chi connectivity index (χ4v) is 2.22. The maximum absolute atomic E-state index is 3.37. The van der Waals surface area contributed by atoms with Crippen LogP contribution in [0.4, 0.5) is 0 Å². The second kappa shape index (κ2) is 6.18. The third kappa shape index (κ3) is 4.49. The van der Waals surface area contributed by atoms with Crippen molar-refractivity contribution in [1.82, 2.24) is 10.2 Å². The molecule has 0 aliphatic heterocycles. The second-order valence-corrected chi connectivity index (χ2v) is 5.24. The zero-order valence-corrected chi connectivity index (χ0v) is 11.1. The van der Waals surface area contributed by atoms with E-state index in [4.69, 9.17) is 0 Å². The van der Waals surface area contributed by atoms with Crippen LogP contribution in [0.3, 0.4) is 0 Å². The van der Waals surface area contributed by atoms with Gasteiger partial charge in [-0.3, -0.25) is 0 Å². The Bertz CT molecular complexity index is 345. The van der Waals surface area contributed by atoms with Crippen LogP contribution in [0.5, 0.6) is 0 Å². The first-order valence-electron chi connectivity index (χ1n) is 6.75. The second-order valence-electron chi connectivity index (χ2n) is 5.24. The van der Waals surface area contributed by atoms with Crippen LogP contribution in [0.2, 0.25) is 0 Å². The van der Waals surface area contributed by atoms with Gasteiger partial charge in [-0.05, 0) is 43.5 Å². The lowest BCUT2D eigenvalue weighted by atomic mass is 10.1. The minimum absolute atomic E-state index is 0.977. The van der Waals surface area contributed by atoms with Gasteiger partial charge in [0.05, 0.1) is 0 Å². The maximum atomic E-state index is 3.37. The van der Waals surface area contributed by atoms with Gasteiger partial charge in [-0.1, -0.05) is 31.2 Å². The first-order valence-corrected chi connectivity index (χ1v) is 6.75. The van der Waals surface area contributed by atoms with Crippen LogP contribution in [0.1, 0.15) is 30.9 Å². The fraction of sp³-hybridized carbons (Fsp3) is 0.600. The van der Waals surface area contributed by atoms with Crippen LogP contribution in [0.25, 0.3) is 0 Å². The number of benzene rings is 1. The highest BCUT2D eigenvalue weighted by Gasteiger charge is 2.22. The molecule has 0 bridgehead atoms. The van der Waals surface area contributed by atoms with Gasteiger partial charge in [0.1, 0.15) is 0 Å². The van der Waals surface area contributed by atoms with Gasteiger partial charge in [-0.2, -0.15) is 0 Å². The van der Waals surface area contributed by atoms with Crippen molar-refractivity contribution in [3.63, 3.8) is 0 Å². The highest BCUT2D eigenvalue weighted by atomic mass is 15.1. The van der Waals surface area contributed by atoms with Gasteiger partial charge in [0, 0.05) is 19.6 Å². The average Bonchev–Trinajstić information content (AvgIpc) is 3.10. The topological polar surface area (TPSA) is 15.3 Å². The lowest BCUT2D eigenvalue weighted by Crippen LogP contribution is -2.20. The molecule has 1 aliphatic carbocycles. The maximum Gasteiger partial charge on any atom is 0.0230 e. The average molecular weight is 232 g/mol. The SMILES string of the molecule is CCNCc1cccc(CN(C)CC2CC2)c1. The molecule has 1 fully saturated rings. The summed E-state index contributed by atoms with van der Waals surface area (Å²) in [5.74, 6) is 0.977. The molecule has 1 aromatic rings. The third-order valence-corrected chi connectivity index (χ3v) is 3.29. The van der Waals surface area contributed by atoms with E-state index < -0.39 is 0 Å². The van der Waals surface area contributed by atoms with Gasteiger partial charge >= 0.3 is 0 Å². The molecule has 0 atom stereocenters. The first-order chi connectivity index (χ1) is 8.28. The van der Waals surface area contributed by atoms with E-state index in [-0.39, 0.29) is 0 Å². The van der Waals surface area contributed by atoms with Gasteiger partial charge in [0.2, 0.25) is 0 Å². The van der Waals surface area contributed by atoms with Gasteiger partial charge in [0.25, 0.3) is 0 Å². The quantitative estimate of drug-likeness (QED) is 0.777. The molecule has 2 heteroatoms. The molecule has 0 aromatic heterocycles. The minimum atomic E-state index is 0.977. The van der Waals surface area contributed by atoms with Crippen molar-refractivity contribution >= 4 is 0 Å². The van der Waals surface area contributed by atoms with Crippen molar-refractivity contribution in [2.24, 2.45) is 5.92 Å². The Hall–Kier alpha value is -0.860. The molecule has 2 rings (SSSR count). The third-order valence-electron chi connectivity index (χ3n) is 3.29. The largest absolute Gasteiger partial charge is 0.313 e. The number of nitrogens with zero attached hydrogens (tertiary/aromatic N) is 1. The van der Waals surface area contributed by atoms with E-state index in [2.05, 4.69) is 48.5 Å². The Balaban J connectivity index is 1.85. The van der Waals surface area contributed by atoms with Crippen molar-refractivity contribution in [2.75, 3.05) is 20.1 Å². The van der Waals surface area contributed by atoms with Crippen LogP contribution in [0, 0.1) is 5.92 Å². The Kier molecular flexibility index (Phi) is 4.57. The number of rotatable bonds is 7. The molecule has 17 heavy (non-hydrogen) atoms. The summed E-state index contributed by atoms with van der Waals surface area (Å²) in [6.45, 7) is 6.50. The molecule has 1 aromatic carbocycles. The molecule has 0 amide bonds. The van der Waals surface area contributed by atoms with Crippen LogP contribution in [0.15, 0.2) is 24.3 Å². The molecule has 0 saturated heterocycles. The summed E-state index contributed by atoms with van der Waals surface area (Å²) < 4.78 is 0. The highest BCUT2D eigenvalue weighted by Crippen LogP contribution is 2.29. The molecule has 1 N–H and O–H groups in total. The summed E-state index contributed by atoms with van der Waals surface area (Å²) in [4.78, 5) is 2.45. The predicted molar refractivity (Wildman–Crippen MR) is 72.9 cm³/mol. The molecule has 2 nitrogen and oxygen atoms in total. The van der Waals surface area contributed by atoms with Gasteiger partial charge in [0.15, 0.2) is 0 Å². The van der Waals surface area contributed by atoms with Crippen LogP contribution < -0.4 is 5.32 Å². The molecule has 0 heterocycles. The molecule has 1 saturated carbocycles. The van der Waals surface area contributed by atoms with E-state index in [0.717, 1.165) is 25.6 Å². The van der Waals surface area contributed by atoms with Crippen LogP contribution in [-0.4, -0.2) is 25.0 Å². The van der Waals surface area contributed by atoms with Crippen molar-refractivity contribution < 1.29 is 0 Å². The van der Waals surface area contributed by atoms with E-state index >= 15 is 0 Å². The number of nitrogens with one attached hydrogen (secondary N) is 1. The van der Waals surface area contributed by atoms with Crippen molar-refractivity contribution in [2.45, 2.75) is 32.9 Å². The minimum Gasteiger partial charge on any atom is -0.313 e. The van der Waals surface area contributed by atoms with E-state index in [0.29, 0.717) is 0 Å². The van der Waals surface area contributed by atoms with Crippen molar-refractivity contribution in [3.05, 3.63) is 35.4 Å². The Morgan fingerprint density at radius 3 is 2.76 bits per heavy atom. The summed E-state index contributed by atoms with van der Waals surface area (Å²) in [6.07, 6.45) is 2.87. The zero-order valence-electron chi connectivity index (χ0n) is 11.1. The zero-order chi connectivity index (χ0) is 12.1. The Labute approximate surface area is 105 Å². The normalized spacial score (nSPS) is 15.5. The summed E-state index contributed by atoms with van der Waals surface area (Å²) in [6, 6.07) is 8.94. The van der Waals surface area contributed by atoms with E-state index in [9.17, 15) is 0 Å². The molecular formula is C15H24N2. The highest BCUT2D eigenvalue weighted by molar-refractivity contribution is 5.23. The molecule has 1 aliphatic rings. The van der Waals surface area contributed by atoms with Gasteiger partial charge < -0.3 is 10.2 Å². The fourth-order valence-electron chi connectivity index (χ4n) is 2.22. The van der Waals surface area contributed by atoms with Crippen molar-refractivity contribution in [3.8, 4) is 0 Å². The standard InChI is InChI=1S/C15H24N2/c1-3-16-10-14-5-4-6-15(9-14)12-17(2)11-13-7-8-13/h4-6,9,13,16H,3,7-8,10-12H2,1-2H3. The van der Waals surface area contributed by atoms with Gasteiger partial charge in [-0.15, -0.1) is 0 Å². The summed E-state index contributed by atoms with van der Waals surface area (Å²) >= 11 is 0. The lowest BCUT2D eigenvalue weighted by Gasteiger charge is -2.16. The summed E-state index contributed by atoms with van der Waals surface area (Å²) in [7, 11) is 2.23. The predicted octanol–water partition coefficient (Wildman–Crippen LogP) is 2.64. The van der Waals surface area contributed by atoms with E-state index in [1.807, 2.05) is 0 Å². The lowest BCUT2D eigenvalue weighted by molar-refractivity contribution is 0.313. The van der Waals surface area contributed by atoms with E-state index in [1.165, 1.54) is 30.5 Å². The van der Waals surface area contributed by atoms with E-state index in [1.54, 1.807) is 0 Å². The summed E-state index contributed by atoms with van der Waals surface area (Å²) in [5.41, 5.74) is 2.83.